The van der Waals surface area contributed by atoms with E-state index in [1.165, 1.54) is 0 Å². The first kappa shape index (κ1) is 12.2. The van der Waals surface area contributed by atoms with Gasteiger partial charge in [-0.3, -0.25) is 10.8 Å². The van der Waals surface area contributed by atoms with Gasteiger partial charge in [-0.1, -0.05) is 0 Å². The molecule has 0 heterocycles. The average molecular weight is 261 g/mol. The number of rotatable bonds is 1. The number of nitrogens with one attached hydrogen (secondary N) is 2. The first-order valence-corrected chi connectivity index (χ1v) is 4.48. The zero-order valence-corrected chi connectivity index (χ0v) is 8.47. The third kappa shape index (κ3) is 1.28. The fraction of sp³-hybridized carbons (Fsp3) is 0. The van der Waals surface area contributed by atoms with Crippen LogP contribution in [0.15, 0.2) is 0 Å². The quantitative estimate of drug-likeness (QED) is 0.406. The van der Waals surface area contributed by atoms with E-state index >= 15 is 0 Å². The van der Waals surface area contributed by atoms with Gasteiger partial charge in [-0.25, -0.2) is 22.0 Å². The maximum Gasteiger partial charge on any atom is 0.200 e. The predicted octanol–water partition coefficient (Wildman–Crippen LogP) is 1.47. The zero-order chi connectivity index (χ0) is 13.8. The standard InChI is InChI=1S/C10H4F5N3/c11-3-1(2-8(16)10(18)9(2)17)4(12)6(14)7(15)5(3)13/h16,18H,17H2. The van der Waals surface area contributed by atoms with Crippen molar-refractivity contribution in [2.75, 3.05) is 5.73 Å². The van der Waals surface area contributed by atoms with Gasteiger partial charge in [0.1, 0.15) is 5.36 Å². The van der Waals surface area contributed by atoms with E-state index in [-0.39, 0.29) is 0 Å². The van der Waals surface area contributed by atoms with Gasteiger partial charge in [0.15, 0.2) is 23.3 Å². The Labute approximate surface area is 96.0 Å². The molecule has 3 nitrogen and oxygen atoms in total. The lowest BCUT2D eigenvalue weighted by Crippen LogP contribution is -2.37. The van der Waals surface area contributed by atoms with Gasteiger partial charge in [-0.15, -0.1) is 0 Å². The van der Waals surface area contributed by atoms with Gasteiger partial charge in [-0.2, -0.15) is 0 Å². The molecule has 0 radical (unpaired) electrons. The molecule has 2 aromatic carbocycles. The van der Waals surface area contributed by atoms with E-state index in [4.69, 9.17) is 16.6 Å². The molecule has 0 amide bonds. The summed E-state index contributed by atoms with van der Waals surface area (Å²) in [6, 6.07) is 0. The lowest BCUT2D eigenvalue weighted by molar-refractivity contribution is 0.381. The Balaban J connectivity index is 2.91. The summed E-state index contributed by atoms with van der Waals surface area (Å²) in [7, 11) is 0. The number of benzene rings is 1. The van der Waals surface area contributed by atoms with Crippen LogP contribution in [0.25, 0.3) is 11.1 Å². The van der Waals surface area contributed by atoms with Crippen molar-refractivity contribution in [3.8, 4) is 11.1 Å². The highest BCUT2D eigenvalue weighted by Crippen LogP contribution is 2.32. The second-order valence-electron chi connectivity index (χ2n) is 3.48. The Hall–Kier alpha value is -2.25. The van der Waals surface area contributed by atoms with Crippen molar-refractivity contribution >= 4 is 5.69 Å². The van der Waals surface area contributed by atoms with E-state index in [9.17, 15) is 22.0 Å². The molecule has 0 atom stereocenters. The van der Waals surface area contributed by atoms with Crippen LogP contribution in [0, 0.1) is 39.9 Å². The smallest absolute Gasteiger partial charge is 0.200 e. The highest BCUT2D eigenvalue weighted by Gasteiger charge is 2.30. The van der Waals surface area contributed by atoms with Crippen molar-refractivity contribution in [1.82, 2.24) is 0 Å². The first-order chi connectivity index (χ1) is 8.29. The first-order valence-electron chi connectivity index (χ1n) is 4.48. The molecular formula is C10H4F5N3. The molecular weight excluding hydrogens is 257 g/mol. The molecule has 0 aliphatic rings. The molecule has 0 aliphatic carbocycles. The van der Waals surface area contributed by atoms with E-state index in [1.54, 1.807) is 0 Å². The number of hydrogen-bond acceptors (Lipinski definition) is 3. The van der Waals surface area contributed by atoms with E-state index in [0.717, 1.165) is 0 Å². The number of anilines is 1. The Kier molecular flexibility index (Phi) is 2.46. The Morgan fingerprint density at radius 3 is 1.39 bits per heavy atom. The summed E-state index contributed by atoms with van der Waals surface area (Å²) >= 11 is 0. The summed E-state index contributed by atoms with van der Waals surface area (Å²) in [5, 5.41) is 13.1. The molecule has 0 saturated heterocycles. The highest BCUT2D eigenvalue weighted by atomic mass is 19.2. The number of hydrogen-bond donors (Lipinski definition) is 3. The SMILES string of the molecule is N=c1c(N)c(-c2c(F)c(F)c(F)c(F)c2F)c1=N. The van der Waals surface area contributed by atoms with Gasteiger partial charge in [0.2, 0.25) is 5.82 Å². The summed E-state index contributed by atoms with van der Waals surface area (Å²) < 4.78 is 65.4. The zero-order valence-electron chi connectivity index (χ0n) is 8.47. The summed E-state index contributed by atoms with van der Waals surface area (Å²) in [5.74, 6) is -10.7. The van der Waals surface area contributed by atoms with Gasteiger partial charge in [0, 0.05) is 5.56 Å². The maximum absolute atomic E-state index is 13.4. The van der Waals surface area contributed by atoms with Crippen molar-refractivity contribution in [1.29, 1.82) is 10.8 Å². The van der Waals surface area contributed by atoms with Crippen LogP contribution in [0.2, 0.25) is 0 Å². The van der Waals surface area contributed by atoms with Crippen molar-refractivity contribution in [2.45, 2.75) is 0 Å². The predicted molar refractivity (Wildman–Crippen MR) is 50.2 cm³/mol. The van der Waals surface area contributed by atoms with Gasteiger partial charge < -0.3 is 5.73 Å². The molecule has 0 spiro atoms. The number of nitrogens with two attached hydrogens (primary N) is 1. The van der Waals surface area contributed by atoms with Gasteiger partial charge in [0.05, 0.1) is 16.6 Å². The Bertz CT molecular complexity index is 714. The molecule has 18 heavy (non-hydrogen) atoms. The molecule has 0 fully saturated rings. The van der Waals surface area contributed by atoms with Crippen LogP contribution < -0.4 is 16.4 Å². The highest BCUT2D eigenvalue weighted by molar-refractivity contribution is 5.80. The summed E-state index contributed by atoms with van der Waals surface area (Å²) in [5.41, 5.74) is 2.81. The Morgan fingerprint density at radius 1 is 0.611 bits per heavy atom. The monoisotopic (exact) mass is 261 g/mol. The van der Waals surface area contributed by atoms with Gasteiger partial charge in [-0.05, 0) is 0 Å². The normalized spacial score (nSPS) is 11.2. The van der Waals surface area contributed by atoms with Crippen molar-refractivity contribution in [3.63, 3.8) is 0 Å². The van der Waals surface area contributed by atoms with Gasteiger partial charge >= 0.3 is 0 Å². The molecule has 0 unspecified atom stereocenters. The molecule has 4 N–H and O–H groups in total. The van der Waals surface area contributed by atoms with E-state index in [0.29, 0.717) is 0 Å². The van der Waals surface area contributed by atoms with Crippen molar-refractivity contribution in [2.24, 2.45) is 0 Å². The lowest BCUT2D eigenvalue weighted by atomic mass is 9.96. The van der Waals surface area contributed by atoms with E-state index in [2.05, 4.69) is 0 Å². The van der Waals surface area contributed by atoms with Crippen LogP contribution in [0.4, 0.5) is 27.6 Å². The van der Waals surface area contributed by atoms with E-state index < -0.39 is 56.6 Å². The molecule has 8 heteroatoms. The summed E-state index contributed by atoms with van der Waals surface area (Å²) in [6.07, 6.45) is 0. The average Bonchev–Trinajstić information content (AvgIpc) is 2.37. The van der Waals surface area contributed by atoms with Gasteiger partial charge in [0.25, 0.3) is 0 Å². The molecule has 0 saturated carbocycles. The Morgan fingerprint density at radius 2 is 1.00 bits per heavy atom. The summed E-state index contributed by atoms with van der Waals surface area (Å²) in [4.78, 5) is 0. The fourth-order valence-corrected chi connectivity index (χ4v) is 1.54. The summed E-state index contributed by atoms with van der Waals surface area (Å²) in [6.45, 7) is 0. The van der Waals surface area contributed by atoms with Crippen molar-refractivity contribution in [3.05, 3.63) is 39.8 Å². The second kappa shape index (κ2) is 3.62. The third-order valence-corrected chi connectivity index (χ3v) is 2.50. The van der Waals surface area contributed by atoms with Crippen LogP contribution in [-0.2, 0) is 0 Å². The van der Waals surface area contributed by atoms with Crippen LogP contribution >= 0.6 is 0 Å². The topological polar surface area (TPSA) is 73.7 Å². The van der Waals surface area contributed by atoms with Crippen LogP contribution in [0.1, 0.15) is 0 Å². The van der Waals surface area contributed by atoms with Crippen molar-refractivity contribution < 1.29 is 22.0 Å². The maximum atomic E-state index is 13.4. The molecule has 2 rings (SSSR count). The van der Waals surface area contributed by atoms with Crippen LogP contribution in [-0.4, -0.2) is 0 Å². The number of nitrogen functional groups attached to an aromatic ring is 1. The van der Waals surface area contributed by atoms with E-state index in [1.807, 2.05) is 0 Å². The lowest BCUT2D eigenvalue weighted by Gasteiger charge is -2.13. The molecule has 0 aromatic heterocycles. The second-order valence-corrected chi connectivity index (χ2v) is 3.48. The largest absolute Gasteiger partial charge is 0.396 e. The molecule has 0 bridgehead atoms. The molecule has 2 aromatic rings. The molecule has 0 aliphatic heterocycles. The fourth-order valence-electron chi connectivity index (χ4n) is 1.54. The minimum atomic E-state index is -2.28. The molecule has 94 valence electrons. The minimum Gasteiger partial charge on any atom is -0.396 e. The van der Waals surface area contributed by atoms with Crippen LogP contribution in [0.5, 0.6) is 0 Å². The number of halogens is 5. The van der Waals surface area contributed by atoms with Crippen LogP contribution in [0.3, 0.4) is 0 Å². The minimum absolute atomic E-state index is 0.483. The third-order valence-electron chi connectivity index (χ3n) is 2.50.